The van der Waals surface area contributed by atoms with Gasteiger partial charge in [-0.15, -0.1) is 11.3 Å². The summed E-state index contributed by atoms with van der Waals surface area (Å²) in [5.41, 5.74) is -0.230. The molecule has 2 heterocycles. The van der Waals surface area contributed by atoms with Crippen LogP contribution in [0.3, 0.4) is 0 Å². The van der Waals surface area contributed by atoms with E-state index < -0.39 is 11.9 Å². The van der Waals surface area contributed by atoms with Crippen LogP contribution >= 0.6 is 11.3 Å². The Morgan fingerprint density at radius 2 is 1.76 bits per heavy atom. The van der Waals surface area contributed by atoms with Crippen LogP contribution in [0.15, 0.2) is 48.7 Å². The highest BCUT2D eigenvalue weighted by molar-refractivity contribution is 7.18. The molecule has 0 saturated heterocycles. The van der Waals surface area contributed by atoms with Gasteiger partial charge in [0.05, 0.1) is 21.8 Å². The number of carbonyl (C=O) groups excluding carboxylic acids is 2. The summed E-state index contributed by atoms with van der Waals surface area (Å²) < 4.78 is 39.8. The van der Waals surface area contributed by atoms with Gasteiger partial charge in [-0.25, -0.2) is 4.68 Å². The molecule has 0 radical (unpaired) electrons. The van der Waals surface area contributed by atoms with Crippen molar-refractivity contribution in [3.05, 3.63) is 59.2 Å². The van der Waals surface area contributed by atoms with Crippen molar-refractivity contribution in [1.82, 2.24) is 9.78 Å². The van der Waals surface area contributed by atoms with Crippen LogP contribution in [0.1, 0.15) is 28.2 Å². The molecule has 2 amide bonds. The van der Waals surface area contributed by atoms with Gasteiger partial charge in [-0.1, -0.05) is 0 Å². The number of alkyl halides is 3. The summed E-state index contributed by atoms with van der Waals surface area (Å²) in [6, 6.07) is 10.0. The number of hydrogen-bond donors (Lipinski definition) is 2. The fraction of sp³-hybridized carbons (Fsp3) is 0.211. The number of halogens is 3. The van der Waals surface area contributed by atoms with E-state index in [1.54, 1.807) is 12.1 Å². The van der Waals surface area contributed by atoms with Crippen LogP contribution in [-0.4, -0.2) is 21.6 Å². The standard InChI is InChI=1S/C19H15F3N4O2S/c20-19(21,22)15-9-10-23-26(15)13-5-3-12(4-6-13)24-18(28)14-7-8-16(29-14)25-17(27)11-1-2-11/h3-11H,1-2H2,(H,24,28)(H,25,27). The minimum Gasteiger partial charge on any atom is -0.321 e. The van der Waals surface area contributed by atoms with Crippen molar-refractivity contribution < 1.29 is 22.8 Å². The average molecular weight is 420 g/mol. The van der Waals surface area contributed by atoms with Gasteiger partial charge in [0.15, 0.2) is 0 Å². The Bertz CT molecular complexity index is 1050. The summed E-state index contributed by atoms with van der Waals surface area (Å²) in [5, 5.41) is 9.77. The maximum Gasteiger partial charge on any atom is 0.433 e. The molecule has 150 valence electrons. The van der Waals surface area contributed by atoms with Crippen molar-refractivity contribution in [2.24, 2.45) is 5.92 Å². The molecule has 6 nitrogen and oxygen atoms in total. The van der Waals surface area contributed by atoms with Crippen LogP contribution in [0.25, 0.3) is 5.69 Å². The van der Waals surface area contributed by atoms with Crippen molar-refractivity contribution in [3.8, 4) is 5.69 Å². The van der Waals surface area contributed by atoms with Crippen molar-refractivity contribution in [1.29, 1.82) is 0 Å². The maximum atomic E-state index is 13.0. The zero-order valence-corrected chi connectivity index (χ0v) is 15.7. The Hall–Kier alpha value is -3.14. The smallest absolute Gasteiger partial charge is 0.321 e. The third kappa shape index (κ3) is 4.32. The van der Waals surface area contributed by atoms with Gasteiger partial charge in [0.25, 0.3) is 5.91 Å². The van der Waals surface area contributed by atoms with Gasteiger partial charge in [-0.3, -0.25) is 9.59 Å². The number of anilines is 2. The molecule has 0 aliphatic heterocycles. The summed E-state index contributed by atoms with van der Waals surface area (Å²) >= 11 is 1.16. The number of nitrogens with zero attached hydrogens (tertiary/aromatic N) is 2. The number of hydrogen-bond acceptors (Lipinski definition) is 4. The quantitative estimate of drug-likeness (QED) is 0.636. The Morgan fingerprint density at radius 1 is 1.03 bits per heavy atom. The summed E-state index contributed by atoms with van der Waals surface area (Å²) in [5.74, 6) is -0.337. The molecule has 1 aromatic carbocycles. The molecule has 10 heteroatoms. The molecular weight excluding hydrogens is 405 g/mol. The third-order valence-electron chi connectivity index (χ3n) is 4.33. The normalized spacial score (nSPS) is 13.9. The fourth-order valence-electron chi connectivity index (χ4n) is 2.70. The minimum absolute atomic E-state index is 0.0359. The molecule has 0 atom stereocenters. The lowest BCUT2D eigenvalue weighted by atomic mass is 10.2. The van der Waals surface area contributed by atoms with Crippen LogP contribution in [0.2, 0.25) is 0 Å². The number of benzene rings is 1. The summed E-state index contributed by atoms with van der Waals surface area (Å²) in [6.07, 6.45) is -1.66. The predicted molar refractivity (Wildman–Crippen MR) is 102 cm³/mol. The van der Waals surface area contributed by atoms with E-state index in [2.05, 4.69) is 15.7 Å². The SMILES string of the molecule is O=C(Nc1ccc(-n2nccc2C(F)(F)F)cc1)c1ccc(NC(=O)C2CC2)s1. The monoisotopic (exact) mass is 420 g/mol. The Balaban J connectivity index is 1.42. The number of thiophene rings is 1. The third-order valence-corrected chi connectivity index (χ3v) is 5.33. The van der Waals surface area contributed by atoms with E-state index in [0.29, 0.717) is 15.6 Å². The predicted octanol–water partition coefficient (Wildman–Crippen LogP) is 4.55. The highest BCUT2D eigenvalue weighted by Gasteiger charge is 2.35. The summed E-state index contributed by atoms with van der Waals surface area (Å²) in [4.78, 5) is 24.6. The minimum atomic E-state index is -4.52. The molecule has 29 heavy (non-hydrogen) atoms. The van der Waals surface area contributed by atoms with Gasteiger partial charge in [0.2, 0.25) is 5.91 Å². The second kappa shape index (κ2) is 7.36. The Kier molecular flexibility index (Phi) is 4.87. The van der Waals surface area contributed by atoms with Crippen molar-refractivity contribution >= 4 is 33.8 Å². The largest absolute Gasteiger partial charge is 0.433 e. The number of nitrogens with one attached hydrogen (secondary N) is 2. The van der Waals surface area contributed by atoms with E-state index in [9.17, 15) is 22.8 Å². The molecule has 2 N–H and O–H groups in total. The van der Waals surface area contributed by atoms with Crippen LogP contribution in [0.4, 0.5) is 23.9 Å². The van der Waals surface area contributed by atoms with Gasteiger partial charge in [0.1, 0.15) is 5.69 Å². The van der Waals surface area contributed by atoms with Gasteiger partial charge < -0.3 is 10.6 Å². The Labute approximate surface area is 167 Å². The lowest BCUT2D eigenvalue weighted by molar-refractivity contribution is -0.142. The van der Waals surface area contributed by atoms with E-state index in [1.807, 2.05) is 0 Å². The van der Waals surface area contributed by atoms with E-state index >= 15 is 0 Å². The second-order valence-electron chi connectivity index (χ2n) is 6.55. The van der Waals surface area contributed by atoms with Gasteiger partial charge >= 0.3 is 6.18 Å². The first-order valence-corrected chi connectivity index (χ1v) is 9.56. The van der Waals surface area contributed by atoms with Crippen LogP contribution < -0.4 is 10.6 Å². The molecule has 0 spiro atoms. The van der Waals surface area contributed by atoms with Gasteiger partial charge in [-0.05, 0) is 55.3 Å². The highest BCUT2D eigenvalue weighted by atomic mass is 32.1. The zero-order chi connectivity index (χ0) is 20.6. The van der Waals surface area contributed by atoms with E-state index in [4.69, 9.17) is 0 Å². The van der Waals surface area contributed by atoms with Crippen LogP contribution in [0.5, 0.6) is 0 Å². The van der Waals surface area contributed by atoms with Crippen molar-refractivity contribution in [3.63, 3.8) is 0 Å². The first-order valence-electron chi connectivity index (χ1n) is 8.75. The molecule has 3 aromatic rings. The average Bonchev–Trinajstić information content (AvgIpc) is 3.21. The first-order chi connectivity index (χ1) is 13.8. The second-order valence-corrected chi connectivity index (χ2v) is 7.64. The highest BCUT2D eigenvalue weighted by Crippen LogP contribution is 2.32. The molecule has 0 bridgehead atoms. The fourth-order valence-corrected chi connectivity index (χ4v) is 3.50. The topological polar surface area (TPSA) is 76.0 Å². The summed E-state index contributed by atoms with van der Waals surface area (Å²) in [7, 11) is 0. The lowest BCUT2D eigenvalue weighted by Crippen LogP contribution is -2.13. The van der Waals surface area contributed by atoms with E-state index in [-0.39, 0.29) is 23.4 Å². The van der Waals surface area contributed by atoms with Gasteiger partial charge in [-0.2, -0.15) is 18.3 Å². The molecule has 0 unspecified atom stereocenters. The lowest BCUT2D eigenvalue weighted by Gasteiger charge is -2.11. The number of rotatable bonds is 5. The molecule has 4 rings (SSSR count). The van der Waals surface area contributed by atoms with Crippen molar-refractivity contribution in [2.45, 2.75) is 19.0 Å². The van der Waals surface area contributed by atoms with E-state index in [1.165, 1.54) is 24.3 Å². The number of amides is 2. The van der Waals surface area contributed by atoms with Crippen LogP contribution in [0, 0.1) is 5.92 Å². The first kappa shape index (κ1) is 19.2. The Morgan fingerprint density at radius 3 is 2.41 bits per heavy atom. The molecule has 1 fully saturated rings. The zero-order valence-electron chi connectivity index (χ0n) is 14.9. The number of aromatic nitrogens is 2. The summed E-state index contributed by atoms with van der Waals surface area (Å²) in [6.45, 7) is 0. The molecular formula is C19H15F3N4O2S. The number of carbonyl (C=O) groups is 2. The molecule has 1 aliphatic rings. The van der Waals surface area contributed by atoms with Crippen LogP contribution in [-0.2, 0) is 11.0 Å². The molecule has 2 aromatic heterocycles. The van der Waals surface area contributed by atoms with Crippen molar-refractivity contribution in [2.75, 3.05) is 10.6 Å². The van der Waals surface area contributed by atoms with E-state index in [0.717, 1.165) is 41.1 Å². The van der Waals surface area contributed by atoms with Gasteiger partial charge in [0, 0.05) is 11.6 Å². The maximum absolute atomic E-state index is 13.0. The molecule has 1 aliphatic carbocycles. The molecule has 1 saturated carbocycles.